The van der Waals surface area contributed by atoms with E-state index in [0.717, 1.165) is 29.4 Å². The molecule has 0 saturated carbocycles. The Labute approximate surface area is 122 Å². The Morgan fingerprint density at radius 3 is 2.76 bits per heavy atom. The van der Waals surface area contributed by atoms with E-state index >= 15 is 0 Å². The number of aromatic amines is 2. The van der Waals surface area contributed by atoms with Crippen LogP contribution in [-0.2, 0) is 11.2 Å². The van der Waals surface area contributed by atoms with Crippen LogP contribution in [0.5, 0.6) is 0 Å². The summed E-state index contributed by atoms with van der Waals surface area (Å²) in [6.45, 7) is 2.92. The molecule has 0 radical (unpaired) electrons. The molecule has 2 rings (SSSR count). The number of nitrogens with zero attached hydrogens (tertiary/aromatic N) is 1. The highest BCUT2D eigenvalue weighted by molar-refractivity contribution is 5.76. The fourth-order valence-corrected chi connectivity index (χ4v) is 2.42. The Bertz CT molecular complexity index is 659. The van der Waals surface area contributed by atoms with E-state index in [1.54, 1.807) is 4.90 Å². The Balaban J connectivity index is 1.89. The van der Waals surface area contributed by atoms with Crippen molar-refractivity contribution in [3.63, 3.8) is 0 Å². The number of amides is 1. The quantitative estimate of drug-likeness (QED) is 0.711. The van der Waals surface area contributed by atoms with Gasteiger partial charge in [-0.1, -0.05) is 6.07 Å². The minimum atomic E-state index is -0.208. The van der Waals surface area contributed by atoms with E-state index in [1.165, 1.54) is 0 Å². The van der Waals surface area contributed by atoms with Crippen molar-refractivity contribution in [3.8, 4) is 0 Å². The third-order valence-electron chi connectivity index (χ3n) is 3.54. The minimum absolute atomic E-state index is 0.00288. The fourth-order valence-electron chi connectivity index (χ4n) is 2.42. The van der Waals surface area contributed by atoms with E-state index in [9.17, 15) is 9.59 Å². The predicted octanol–water partition coefficient (Wildman–Crippen LogP) is 1.02. The number of carbonyl (C=O) groups excluding carboxylic acids is 1. The van der Waals surface area contributed by atoms with Gasteiger partial charge in [-0.15, -0.1) is 0 Å². The molecule has 6 heteroatoms. The number of imidazole rings is 1. The first-order valence-electron chi connectivity index (χ1n) is 7.23. The number of hydrogen-bond acceptors (Lipinski definition) is 3. The molecule has 1 amide bonds. The van der Waals surface area contributed by atoms with Crippen LogP contribution in [0.4, 0.5) is 0 Å². The molecule has 2 aromatic rings. The van der Waals surface area contributed by atoms with Crippen molar-refractivity contribution in [2.75, 3.05) is 19.7 Å². The van der Waals surface area contributed by atoms with E-state index in [2.05, 4.69) is 9.97 Å². The number of benzene rings is 1. The highest BCUT2D eigenvalue weighted by Gasteiger charge is 2.10. The smallest absolute Gasteiger partial charge is 0.323 e. The first-order valence-corrected chi connectivity index (χ1v) is 7.23. The van der Waals surface area contributed by atoms with Crippen molar-refractivity contribution in [2.24, 2.45) is 0 Å². The number of aryl methyl sites for hydroxylation is 1. The fraction of sp³-hybridized carbons (Fsp3) is 0.467. The van der Waals surface area contributed by atoms with Crippen molar-refractivity contribution in [1.82, 2.24) is 14.9 Å². The number of aliphatic hydroxyl groups excluding tert-OH is 1. The van der Waals surface area contributed by atoms with Gasteiger partial charge >= 0.3 is 5.69 Å². The third-order valence-corrected chi connectivity index (χ3v) is 3.54. The number of hydrogen-bond donors (Lipinski definition) is 3. The summed E-state index contributed by atoms with van der Waals surface area (Å²) in [5.41, 5.74) is 2.47. The Morgan fingerprint density at radius 1 is 1.29 bits per heavy atom. The third kappa shape index (κ3) is 3.95. The lowest BCUT2D eigenvalue weighted by molar-refractivity contribution is -0.131. The van der Waals surface area contributed by atoms with Crippen molar-refractivity contribution in [2.45, 2.75) is 26.2 Å². The van der Waals surface area contributed by atoms with Crippen molar-refractivity contribution in [3.05, 3.63) is 34.2 Å². The van der Waals surface area contributed by atoms with Gasteiger partial charge in [0.15, 0.2) is 0 Å². The molecule has 0 spiro atoms. The average Bonchev–Trinajstić information content (AvgIpc) is 2.83. The van der Waals surface area contributed by atoms with Gasteiger partial charge in [-0.25, -0.2) is 4.79 Å². The monoisotopic (exact) mass is 291 g/mol. The first kappa shape index (κ1) is 15.3. The molecule has 0 fully saturated rings. The van der Waals surface area contributed by atoms with Gasteiger partial charge in [0.25, 0.3) is 0 Å². The molecule has 0 unspecified atom stereocenters. The molecule has 0 saturated heterocycles. The molecule has 0 aliphatic carbocycles. The van der Waals surface area contributed by atoms with E-state index in [4.69, 9.17) is 5.11 Å². The molecule has 3 N–H and O–H groups in total. The molecule has 6 nitrogen and oxygen atoms in total. The number of fused-ring (bicyclic) bond motifs is 1. The molecule has 0 aliphatic heterocycles. The standard InChI is InChI=1S/C15H21N3O3/c1-2-18(8-9-19)14(20)5-3-4-11-6-7-12-13(10-11)17-15(21)16-12/h6-7,10,19H,2-5,8-9H2,1H3,(H2,16,17,21). The molecule has 1 heterocycles. The molecule has 114 valence electrons. The SMILES string of the molecule is CCN(CCO)C(=O)CCCc1ccc2[nH]c(=O)[nH]c2c1. The lowest BCUT2D eigenvalue weighted by atomic mass is 10.1. The maximum atomic E-state index is 11.9. The summed E-state index contributed by atoms with van der Waals surface area (Å²) in [4.78, 5) is 30.2. The average molecular weight is 291 g/mol. The van der Waals surface area contributed by atoms with Crippen molar-refractivity contribution in [1.29, 1.82) is 0 Å². The number of aliphatic hydroxyl groups is 1. The Morgan fingerprint density at radius 2 is 2.05 bits per heavy atom. The van der Waals surface area contributed by atoms with Gasteiger partial charge in [0.05, 0.1) is 17.6 Å². The van der Waals surface area contributed by atoms with Crippen LogP contribution in [0.3, 0.4) is 0 Å². The van der Waals surface area contributed by atoms with Crippen LogP contribution in [-0.4, -0.2) is 45.6 Å². The maximum Gasteiger partial charge on any atom is 0.323 e. The summed E-state index contributed by atoms with van der Waals surface area (Å²) in [7, 11) is 0. The summed E-state index contributed by atoms with van der Waals surface area (Å²) in [5.74, 6) is 0.0719. The predicted molar refractivity (Wildman–Crippen MR) is 81.2 cm³/mol. The van der Waals surface area contributed by atoms with Crippen molar-refractivity contribution >= 4 is 16.9 Å². The van der Waals surface area contributed by atoms with E-state index < -0.39 is 0 Å². The van der Waals surface area contributed by atoms with E-state index in [1.807, 2.05) is 25.1 Å². The van der Waals surface area contributed by atoms with Gasteiger partial charge in [0.1, 0.15) is 0 Å². The molecule has 21 heavy (non-hydrogen) atoms. The van der Waals surface area contributed by atoms with Gasteiger partial charge in [-0.2, -0.15) is 0 Å². The van der Waals surface area contributed by atoms with Crippen LogP contribution < -0.4 is 5.69 Å². The van der Waals surface area contributed by atoms with Gasteiger partial charge in [0.2, 0.25) is 5.91 Å². The van der Waals surface area contributed by atoms with Crippen LogP contribution in [0.1, 0.15) is 25.3 Å². The Hall–Kier alpha value is -2.08. The Kier molecular flexibility index (Phi) is 5.16. The molecular formula is C15H21N3O3. The maximum absolute atomic E-state index is 11.9. The zero-order valence-electron chi connectivity index (χ0n) is 12.2. The molecule has 1 aromatic carbocycles. The topological polar surface area (TPSA) is 89.2 Å². The summed E-state index contributed by atoms with van der Waals surface area (Å²) in [5, 5.41) is 8.90. The van der Waals surface area contributed by atoms with Crippen LogP contribution in [0.2, 0.25) is 0 Å². The summed E-state index contributed by atoms with van der Waals surface area (Å²) < 4.78 is 0. The summed E-state index contributed by atoms with van der Waals surface area (Å²) >= 11 is 0. The highest BCUT2D eigenvalue weighted by atomic mass is 16.3. The van der Waals surface area contributed by atoms with Crippen LogP contribution in [0.15, 0.2) is 23.0 Å². The van der Waals surface area contributed by atoms with Crippen molar-refractivity contribution < 1.29 is 9.90 Å². The summed E-state index contributed by atoms with van der Waals surface area (Å²) in [6.07, 6.45) is 2.00. The van der Waals surface area contributed by atoms with Gasteiger partial charge in [0, 0.05) is 19.5 Å². The summed E-state index contributed by atoms with van der Waals surface area (Å²) in [6, 6.07) is 5.76. The number of likely N-dealkylation sites (N-methyl/N-ethyl adjacent to an activating group) is 1. The molecule has 1 aromatic heterocycles. The normalized spacial score (nSPS) is 11.0. The molecule has 0 aliphatic rings. The largest absolute Gasteiger partial charge is 0.395 e. The molecule has 0 bridgehead atoms. The lowest BCUT2D eigenvalue weighted by Gasteiger charge is -2.19. The second kappa shape index (κ2) is 7.08. The van der Waals surface area contributed by atoms with Gasteiger partial charge < -0.3 is 20.0 Å². The zero-order valence-corrected chi connectivity index (χ0v) is 12.2. The highest BCUT2D eigenvalue weighted by Crippen LogP contribution is 2.13. The van der Waals surface area contributed by atoms with Crippen LogP contribution in [0, 0.1) is 0 Å². The van der Waals surface area contributed by atoms with Gasteiger partial charge in [-0.3, -0.25) is 4.79 Å². The molecule has 0 atom stereocenters. The minimum Gasteiger partial charge on any atom is -0.395 e. The second-order valence-electron chi connectivity index (χ2n) is 5.01. The van der Waals surface area contributed by atoms with E-state index in [0.29, 0.717) is 19.5 Å². The van der Waals surface area contributed by atoms with Crippen LogP contribution >= 0.6 is 0 Å². The second-order valence-corrected chi connectivity index (χ2v) is 5.01. The zero-order chi connectivity index (χ0) is 15.2. The lowest BCUT2D eigenvalue weighted by Crippen LogP contribution is -2.33. The number of H-pyrrole nitrogens is 2. The van der Waals surface area contributed by atoms with Gasteiger partial charge in [-0.05, 0) is 37.5 Å². The number of nitrogens with one attached hydrogen (secondary N) is 2. The molecular weight excluding hydrogens is 270 g/mol. The number of carbonyl (C=O) groups is 1. The number of rotatable bonds is 7. The van der Waals surface area contributed by atoms with E-state index in [-0.39, 0.29) is 18.2 Å². The van der Waals surface area contributed by atoms with Crippen LogP contribution in [0.25, 0.3) is 11.0 Å². The number of aromatic nitrogens is 2. The first-order chi connectivity index (χ1) is 10.1.